The maximum atomic E-state index is 10.4. The maximum absolute atomic E-state index is 10.4. The normalized spacial score (nSPS) is 20.1. The molecule has 0 aromatic heterocycles. The Morgan fingerprint density at radius 3 is 1.62 bits per heavy atom. The van der Waals surface area contributed by atoms with E-state index in [-0.39, 0.29) is 5.54 Å². The summed E-state index contributed by atoms with van der Waals surface area (Å²) in [5, 5.41) is 16.3. The molecule has 1 aliphatic heterocycles. The summed E-state index contributed by atoms with van der Waals surface area (Å²) in [6.07, 6.45) is 5.41. The highest BCUT2D eigenvalue weighted by Crippen LogP contribution is 2.56. The average Bonchev–Trinajstić information content (AvgIpc) is 3.11. The fraction of sp³-hybridized carbons (Fsp3) is 0.308. The van der Waals surface area contributed by atoms with E-state index in [1.807, 2.05) is 0 Å². The molecule has 3 aromatic carbocycles. The molecule has 3 aromatic rings. The minimum absolute atomic E-state index is 0.0836. The van der Waals surface area contributed by atoms with Crippen LogP contribution in [0.3, 0.4) is 0 Å². The highest BCUT2D eigenvalue weighted by Gasteiger charge is 2.45. The lowest BCUT2D eigenvalue weighted by atomic mass is 9.94. The molecule has 0 spiro atoms. The first kappa shape index (κ1) is 20.3. The predicted octanol–water partition coefficient (Wildman–Crippen LogP) is 5.00. The van der Waals surface area contributed by atoms with Gasteiger partial charge in [-0.25, -0.2) is 0 Å². The van der Waals surface area contributed by atoms with Crippen molar-refractivity contribution in [1.29, 1.82) is 0 Å². The van der Waals surface area contributed by atoms with Gasteiger partial charge in [0.2, 0.25) is 0 Å². The summed E-state index contributed by atoms with van der Waals surface area (Å²) in [4.78, 5) is 0. The van der Waals surface area contributed by atoms with Gasteiger partial charge < -0.3 is 5.21 Å². The lowest BCUT2D eigenvalue weighted by Gasteiger charge is -2.32. The highest BCUT2D eigenvalue weighted by atomic mass is 31.2. The molecule has 0 amide bonds. The lowest BCUT2D eigenvalue weighted by molar-refractivity contribution is -0.144. The van der Waals surface area contributed by atoms with E-state index in [4.69, 9.17) is 0 Å². The van der Waals surface area contributed by atoms with Crippen molar-refractivity contribution in [2.75, 3.05) is 12.7 Å². The number of hydroxylamine groups is 2. The van der Waals surface area contributed by atoms with E-state index in [2.05, 4.69) is 97.9 Å². The second kappa shape index (κ2) is 8.79. The van der Waals surface area contributed by atoms with Crippen LogP contribution in [0.2, 0.25) is 0 Å². The molecule has 2 nitrogen and oxygen atoms in total. The van der Waals surface area contributed by atoms with Gasteiger partial charge >= 0.3 is 0 Å². The van der Waals surface area contributed by atoms with Crippen molar-refractivity contribution >= 4 is 23.2 Å². The second-order valence-corrected chi connectivity index (χ2v) is 12.0. The molecule has 29 heavy (non-hydrogen) atoms. The summed E-state index contributed by atoms with van der Waals surface area (Å²) in [7, 11) is -1.76. The topological polar surface area (TPSA) is 23.5 Å². The van der Waals surface area contributed by atoms with Crippen LogP contribution < -0.4 is 15.9 Å². The first-order chi connectivity index (χ1) is 14.2. The Morgan fingerprint density at radius 2 is 1.24 bits per heavy atom. The molecule has 4 rings (SSSR count). The van der Waals surface area contributed by atoms with Crippen LogP contribution in [0.1, 0.15) is 32.6 Å². The van der Waals surface area contributed by atoms with E-state index in [9.17, 15) is 5.21 Å². The predicted molar refractivity (Wildman–Crippen MR) is 125 cm³/mol. The number of hydrogen-bond donors (Lipinski definition) is 1. The largest absolute Gasteiger partial charge is 0.313 e. The molecular formula is C26H31NOP+. The summed E-state index contributed by atoms with van der Waals surface area (Å²) >= 11 is 0. The van der Waals surface area contributed by atoms with Crippen LogP contribution in [0.4, 0.5) is 0 Å². The number of rotatable bonds is 7. The minimum atomic E-state index is -1.76. The van der Waals surface area contributed by atoms with E-state index in [1.165, 1.54) is 15.9 Å². The average molecular weight is 405 g/mol. The van der Waals surface area contributed by atoms with Crippen LogP contribution in [-0.4, -0.2) is 28.5 Å². The van der Waals surface area contributed by atoms with Crippen molar-refractivity contribution in [3.8, 4) is 0 Å². The Hall–Kier alpha value is -1.99. The molecule has 1 N–H and O–H groups in total. The van der Waals surface area contributed by atoms with Crippen molar-refractivity contribution in [3.05, 3.63) is 91.0 Å². The molecule has 1 fully saturated rings. The molecule has 150 valence electrons. The summed E-state index contributed by atoms with van der Waals surface area (Å²) in [5.74, 6) is 0. The summed E-state index contributed by atoms with van der Waals surface area (Å²) in [6, 6.07) is 33.2. The Balaban J connectivity index is 1.76. The molecule has 1 aliphatic rings. The van der Waals surface area contributed by atoms with E-state index in [0.717, 1.165) is 38.4 Å². The van der Waals surface area contributed by atoms with E-state index in [0.29, 0.717) is 0 Å². The van der Waals surface area contributed by atoms with Crippen molar-refractivity contribution in [1.82, 2.24) is 5.06 Å². The Labute approximate surface area is 175 Å². The smallest absolute Gasteiger partial charge is 0.112 e. The van der Waals surface area contributed by atoms with Crippen LogP contribution >= 0.6 is 7.26 Å². The highest BCUT2D eigenvalue weighted by molar-refractivity contribution is 7.95. The van der Waals surface area contributed by atoms with Crippen LogP contribution in [0.15, 0.2) is 91.0 Å². The summed E-state index contributed by atoms with van der Waals surface area (Å²) < 4.78 is 0. The SMILES string of the molecule is CC1(CCC[P+](c2ccccc2)(c2ccccc2)c2ccccc2)CCCN1O. The van der Waals surface area contributed by atoms with E-state index >= 15 is 0 Å². The first-order valence-corrected chi connectivity index (χ1v) is 12.6. The molecule has 0 bridgehead atoms. The number of benzene rings is 3. The van der Waals surface area contributed by atoms with Gasteiger partial charge in [0.25, 0.3) is 0 Å². The lowest BCUT2D eigenvalue weighted by Crippen LogP contribution is -2.39. The van der Waals surface area contributed by atoms with Crippen molar-refractivity contribution < 1.29 is 5.21 Å². The molecule has 3 heteroatoms. The molecule has 0 radical (unpaired) electrons. The third-order valence-electron chi connectivity index (χ3n) is 6.51. The minimum Gasteiger partial charge on any atom is -0.313 e. The summed E-state index contributed by atoms with van der Waals surface area (Å²) in [5.41, 5.74) is -0.0836. The van der Waals surface area contributed by atoms with Crippen LogP contribution in [0.25, 0.3) is 0 Å². The molecular weight excluding hydrogens is 373 g/mol. The fourth-order valence-electron chi connectivity index (χ4n) is 4.84. The molecule has 1 heterocycles. The van der Waals surface area contributed by atoms with Crippen LogP contribution in [0.5, 0.6) is 0 Å². The monoisotopic (exact) mass is 404 g/mol. The van der Waals surface area contributed by atoms with Crippen LogP contribution in [0, 0.1) is 0 Å². The first-order valence-electron chi connectivity index (χ1n) is 10.7. The quantitative estimate of drug-likeness (QED) is 0.560. The Kier molecular flexibility index (Phi) is 6.15. The molecule has 1 saturated heterocycles. The van der Waals surface area contributed by atoms with Gasteiger partial charge in [-0.05, 0) is 69.0 Å². The molecule has 0 saturated carbocycles. The number of hydrogen-bond acceptors (Lipinski definition) is 2. The zero-order chi connectivity index (χ0) is 20.2. The van der Waals surface area contributed by atoms with Crippen molar-refractivity contribution in [2.45, 2.75) is 38.1 Å². The molecule has 0 aliphatic carbocycles. The Morgan fingerprint density at radius 1 is 0.793 bits per heavy atom. The third kappa shape index (κ3) is 4.03. The maximum Gasteiger partial charge on any atom is 0.112 e. The van der Waals surface area contributed by atoms with Gasteiger partial charge in [0.05, 0.1) is 6.16 Å². The molecule has 1 atom stereocenters. The summed E-state index contributed by atoms with van der Waals surface area (Å²) in [6.45, 7) is 3.01. The third-order valence-corrected chi connectivity index (χ3v) is 11.0. The van der Waals surface area contributed by atoms with E-state index < -0.39 is 7.26 Å². The Bertz CT molecular complexity index is 803. The second-order valence-electron chi connectivity index (χ2n) is 8.37. The van der Waals surface area contributed by atoms with Gasteiger partial charge in [0, 0.05) is 12.1 Å². The van der Waals surface area contributed by atoms with Gasteiger partial charge in [0.15, 0.2) is 0 Å². The van der Waals surface area contributed by atoms with Gasteiger partial charge in [-0.15, -0.1) is 0 Å². The van der Waals surface area contributed by atoms with Crippen molar-refractivity contribution in [3.63, 3.8) is 0 Å². The van der Waals surface area contributed by atoms with Gasteiger partial charge in [-0.2, -0.15) is 5.06 Å². The van der Waals surface area contributed by atoms with Gasteiger partial charge in [-0.3, -0.25) is 0 Å². The zero-order valence-corrected chi connectivity index (χ0v) is 18.1. The molecule has 1 unspecified atom stereocenters. The standard InChI is InChI=1S/C26H31NOP/c1-26(19-11-21-27(26)28)20-12-22-29(23-13-5-2-6-14-23,24-15-7-3-8-16-24)25-17-9-4-10-18-25/h2-10,13-18,28H,11-12,19-22H2,1H3/q+1. The fourth-order valence-corrected chi connectivity index (χ4v) is 9.19. The van der Waals surface area contributed by atoms with E-state index in [1.54, 1.807) is 5.06 Å². The number of nitrogens with zero attached hydrogens (tertiary/aromatic N) is 1. The zero-order valence-electron chi connectivity index (χ0n) is 17.2. The van der Waals surface area contributed by atoms with Crippen molar-refractivity contribution in [2.24, 2.45) is 0 Å². The van der Waals surface area contributed by atoms with Gasteiger partial charge in [-0.1, -0.05) is 54.6 Å². The van der Waals surface area contributed by atoms with Crippen LogP contribution in [-0.2, 0) is 0 Å². The van der Waals surface area contributed by atoms with Gasteiger partial charge in [0.1, 0.15) is 23.2 Å².